The topological polar surface area (TPSA) is 21.3 Å². The van der Waals surface area contributed by atoms with Crippen LogP contribution in [0, 0.1) is 0 Å². The van der Waals surface area contributed by atoms with Crippen molar-refractivity contribution in [1.29, 1.82) is 0 Å². The molecule has 2 heteroatoms. The third kappa shape index (κ3) is 1.80. The van der Waals surface area contributed by atoms with Crippen LogP contribution in [-0.2, 0) is 5.41 Å². The fourth-order valence-electron chi connectivity index (χ4n) is 3.45. The van der Waals surface area contributed by atoms with Crippen LogP contribution < -0.4 is 10.1 Å². The van der Waals surface area contributed by atoms with E-state index in [4.69, 9.17) is 4.74 Å². The monoisotopic (exact) mass is 231 g/mol. The summed E-state index contributed by atoms with van der Waals surface area (Å²) < 4.78 is 5.38. The van der Waals surface area contributed by atoms with Crippen molar-refractivity contribution in [3.63, 3.8) is 0 Å². The molecule has 0 radical (unpaired) electrons. The van der Waals surface area contributed by atoms with Crippen LogP contribution in [0.4, 0.5) is 5.69 Å². The van der Waals surface area contributed by atoms with Gasteiger partial charge in [-0.1, -0.05) is 25.7 Å². The predicted molar refractivity (Wildman–Crippen MR) is 70.9 cm³/mol. The summed E-state index contributed by atoms with van der Waals surface area (Å²) in [4.78, 5) is 0. The third-order valence-electron chi connectivity index (χ3n) is 4.48. The Balaban J connectivity index is 2.00. The van der Waals surface area contributed by atoms with Crippen molar-refractivity contribution in [2.24, 2.45) is 0 Å². The van der Waals surface area contributed by atoms with Gasteiger partial charge in [0.15, 0.2) is 0 Å². The first-order chi connectivity index (χ1) is 8.34. The van der Waals surface area contributed by atoms with Gasteiger partial charge < -0.3 is 10.1 Å². The Morgan fingerprint density at radius 3 is 2.59 bits per heavy atom. The summed E-state index contributed by atoms with van der Waals surface area (Å²) in [6.45, 7) is 1.12. The number of hydrogen-bond acceptors (Lipinski definition) is 2. The second-order valence-corrected chi connectivity index (χ2v) is 5.46. The summed E-state index contributed by atoms with van der Waals surface area (Å²) in [6.07, 6.45) is 8.22. The molecule has 17 heavy (non-hydrogen) atoms. The molecule has 1 aliphatic carbocycles. The highest BCUT2D eigenvalue weighted by Crippen LogP contribution is 2.46. The average molecular weight is 231 g/mol. The number of nitrogens with one attached hydrogen (secondary N) is 1. The van der Waals surface area contributed by atoms with Crippen molar-refractivity contribution in [3.8, 4) is 5.75 Å². The van der Waals surface area contributed by atoms with E-state index >= 15 is 0 Å². The smallest absolute Gasteiger partial charge is 0.119 e. The molecule has 0 atom stereocenters. The number of hydrogen-bond donors (Lipinski definition) is 1. The maximum absolute atomic E-state index is 5.38. The molecule has 1 aromatic rings. The van der Waals surface area contributed by atoms with E-state index in [2.05, 4.69) is 23.5 Å². The van der Waals surface area contributed by atoms with Gasteiger partial charge in [0.05, 0.1) is 7.11 Å². The van der Waals surface area contributed by atoms with Crippen LogP contribution in [-0.4, -0.2) is 13.7 Å². The second kappa shape index (κ2) is 4.25. The van der Waals surface area contributed by atoms with E-state index in [9.17, 15) is 0 Å². The van der Waals surface area contributed by atoms with Gasteiger partial charge >= 0.3 is 0 Å². The molecule has 0 saturated heterocycles. The molecule has 0 aromatic heterocycles. The molecule has 1 spiro atoms. The molecule has 3 rings (SSSR count). The van der Waals surface area contributed by atoms with Crippen molar-refractivity contribution in [2.45, 2.75) is 43.9 Å². The average Bonchev–Trinajstić information content (AvgIpc) is 2.56. The van der Waals surface area contributed by atoms with Gasteiger partial charge in [0.1, 0.15) is 5.75 Å². The normalized spacial score (nSPS) is 21.7. The number of ether oxygens (including phenoxy) is 1. The quantitative estimate of drug-likeness (QED) is 0.795. The van der Waals surface area contributed by atoms with Gasteiger partial charge in [-0.15, -0.1) is 0 Å². The zero-order valence-corrected chi connectivity index (χ0v) is 10.6. The molecule has 1 aromatic carbocycles. The summed E-state index contributed by atoms with van der Waals surface area (Å²) in [5, 5.41) is 3.58. The lowest BCUT2D eigenvalue weighted by molar-refractivity contribution is 0.396. The second-order valence-electron chi connectivity index (χ2n) is 5.46. The van der Waals surface area contributed by atoms with Crippen molar-refractivity contribution >= 4 is 5.69 Å². The minimum absolute atomic E-state index is 0.389. The molecule has 2 nitrogen and oxygen atoms in total. The lowest BCUT2D eigenvalue weighted by Crippen LogP contribution is -2.27. The molecule has 1 saturated carbocycles. The van der Waals surface area contributed by atoms with Gasteiger partial charge in [-0.2, -0.15) is 0 Å². The third-order valence-corrected chi connectivity index (χ3v) is 4.48. The van der Waals surface area contributed by atoms with Crippen molar-refractivity contribution in [3.05, 3.63) is 23.8 Å². The lowest BCUT2D eigenvalue weighted by Gasteiger charge is -2.27. The van der Waals surface area contributed by atoms with Crippen LogP contribution in [0.25, 0.3) is 0 Å². The van der Waals surface area contributed by atoms with Crippen LogP contribution in [0.5, 0.6) is 5.75 Å². The molecule has 0 bridgehead atoms. The standard InChI is InChI=1S/C15H21NO/c1-17-12-6-7-14-13(10-12)15(11-16-14)8-4-2-3-5-9-15/h6-7,10,16H,2-5,8-9,11H2,1H3. The van der Waals surface area contributed by atoms with Crippen LogP contribution >= 0.6 is 0 Å². The minimum Gasteiger partial charge on any atom is -0.497 e. The first kappa shape index (κ1) is 10.9. The summed E-state index contributed by atoms with van der Waals surface area (Å²) in [7, 11) is 1.75. The molecule has 1 aliphatic heterocycles. The predicted octanol–water partition coefficient (Wildman–Crippen LogP) is 3.71. The summed E-state index contributed by atoms with van der Waals surface area (Å²) >= 11 is 0. The fraction of sp³-hybridized carbons (Fsp3) is 0.600. The SMILES string of the molecule is COc1ccc2c(c1)C1(CCCCCC1)CN2. The van der Waals surface area contributed by atoms with Crippen LogP contribution in [0.1, 0.15) is 44.1 Å². The highest BCUT2D eigenvalue weighted by molar-refractivity contribution is 5.62. The van der Waals surface area contributed by atoms with E-state index in [-0.39, 0.29) is 0 Å². The minimum atomic E-state index is 0.389. The summed E-state index contributed by atoms with van der Waals surface area (Å²) in [6, 6.07) is 6.48. The number of methoxy groups -OCH3 is 1. The number of anilines is 1. The Hall–Kier alpha value is -1.18. The highest BCUT2D eigenvalue weighted by Gasteiger charge is 2.38. The van der Waals surface area contributed by atoms with Crippen molar-refractivity contribution in [1.82, 2.24) is 0 Å². The fourth-order valence-corrected chi connectivity index (χ4v) is 3.45. The molecule has 2 aliphatic rings. The van der Waals surface area contributed by atoms with E-state index < -0.39 is 0 Å². The number of fused-ring (bicyclic) bond motifs is 2. The van der Waals surface area contributed by atoms with Gasteiger partial charge in [0.2, 0.25) is 0 Å². The molecular formula is C15H21NO. The molecule has 1 heterocycles. The summed E-state index contributed by atoms with van der Waals surface area (Å²) in [5.41, 5.74) is 3.21. The van der Waals surface area contributed by atoms with E-state index in [1.807, 2.05) is 0 Å². The summed E-state index contributed by atoms with van der Waals surface area (Å²) in [5.74, 6) is 0.996. The van der Waals surface area contributed by atoms with Crippen LogP contribution in [0.15, 0.2) is 18.2 Å². The van der Waals surface area contributed by atoms with Gasteiger partial charge in [0.25, 0.3) is 0 Å². The number of benzene rings is 1. The molecule has 1 N–H and O–H groups in total. The molecule has 0 unspecified atom stereocenters. The first-order valence-corrected chi connectivity index (χ1v) is 6.76. The molecule has 0 amide bonds. The van der Waals surface area contributed by atoms with E-state index in [1.54, 1.807) is 7.11 Å². The zero-order valence-electron chi connectivity index (χ0n) is 10.6. The van der Waals surface area contributed by atoms with Gasteiger partial charge in [-0.3, -0.25) is 0 Å². The Morgan fingerprint density at radius 2 is 1.88 bits per heavy atom. The van der Waals surface area contributed by atoms with Crippen molar-refractivity contribution in [2.75, 3.05) is 19.0 Å². The van der Waals surface area contributed by atoms with E-state index in [0.717, 1.165) is 12.3 Å². The number of rotatable bonds is 1. The van der Waals surface area contributed by atoms with E-state index in [0.29, 0.717) is 5.41 Å². The largest absolute Gasteiger partial charge is 0.497 e. The molecular weight excluding hydrogens is 210 g/mol. The Bertz CT molecular complexity index is 405. The van der Waals surface area contributed by atoms with Gasteiger partial charge in [-0.05, 0) is 36.6 Å². The Morgan fingerprint density at radius 1 is 1.12 bits per heavy atom. The van der Waals surface area contributed by atoms with Crippen LogP contribution in [0.3, 0.4) is 0 Å². The van der Waals surface area contributed by atoms with Gasteiger partial charge in [0, 0.05) is 17.6 Å². The molecule has 92 valence electrons. The lowest BCUT2D eigenvalue weighted by atomic mass is 9.76. The Labute approximate surface area is 103 Å². The van der Waals surface area contributed by atoms with Crippen molar-refractivity contribution < 1.29 is 4.74 Å². The zero-order chi connectivity index (χ0) is 11.7. The van der Waals surface area contributed by atoms with Gasteiger partial charge in [-0.25, -0.2) is 0 Å². The maximum atomic E-state index is 5.38. The van der Waals surface area contributed by atoms with Crippen LogP contribution in [0.2, 0.25) is 0 Å². The Kier molecular flexibility index (Phi) is 2.73. The molecule has 1 fully saturated rings. The maximum Gasteiger partial charge on any atom is 0.119 e. The van der Waals surface area contributed by atoms with E-state index in [1.165, 1.54) is 49.8 Å². The highest BCUT2D eigenvalue weighted by atomic mass is 16.5. The first-order valence-electron chi connectivity index (χ1n) is 6.76.